The molecule has 88 valence electrons. The molecule has 2 aromatic rings. The fourth-order valence-electron chi connectivity index (χ4n) is 2.51. The number of nitrogens with zero attached hydrogens (tertiary/aromatic N) is 1. The third kappa shape index (κ3) is 1.92. The molecule has 1 saturated carbocycles. The van der Waals surface area contributed by atoms with Crippen molar-refractivity contribution in [2.45, 2.75) is 25.8 Å². The number of hydrazine groups is 1. The summed E-state index contributed by atoms with van der Waals surface area (Å²) in [6.45, 7) is 2.04. The lowest BCUT2D eigenvalue weighted by Crippen LogP contribution is -2.29. The van der Waals surface area contributed by atoms with Crippen LogP contribution in [0, 0.1) is 12.8 Å². The van der Waals surface area contributed by atoms with Crippen molar-refractivity contribution in [3.63, 3.8) is 0 Å². The highest BCUT2D eigenvalue weighted by atomic mass is 15.2. The Kier molecular flexibility index (Phi) is 2.57. The number of nitrogens with one attached hydrogen (secondary N) is 1. The summed E-state index contributed by atoms with van der Waals surface area (Å²) in [5.41, 5.74) is 6.38. The van der Waals surface area contributed by atoms with E-state index in [2.05, 4.69) is 34.7 Å². The number of hydrogen-bond acceptors (Lipinski definition) is 3. The molecule has 1 unspecified atom stereocenters. The highest BCUT2D eigenvalue weighted by Gasteiger charge is 2.32. The van der Waals surface area contributed by atoms with Crippen LogP contribution in [0.2, 0.25) is 0 Å². The zero-order valence-electron chi connectivity index (χ0n) is 9.98. The van der Waals surface area contributed by atoms with E-state index < -0.39 is 0 Å². The van der Waals surface area contributed by atoms with Gasteiger partial charge in [0, 0.05) is 17.1 Å². The van der Waals surface area contributed by atoms with E-state index in [0.29, 0.717) is 5.92 Å². The van der Waals surface area contributed by atoms with Gasteiger partial charge in [0.1, 0.15) is 0 Å². The lowest BCUT2D eigenvalue weighted by atomic mass is 9.98. The summed E-state index contributed by atoms with van der Waals surface area (Å²) in [5.74, 6) is 6.40. The first-order chi connectivity index (χ1) is 8.29. The molecule has 0 amide bonds. The predicted molar refractivity (Wildman–Crippen MR) is 69.3 cm³/mol. The molecule has 1 atom stereocenters. The monoisotopic (exact) mass is 227 g/mol. The quantitative estimate of drug-likeness (QED) is 0.625. The zero-order valence-corrected chi connectivity index (χ0v) is 9.98. The molecule has 3 N–H and O–H groups in total. The number of aromatic nitrogens is 1. The largest absolute Gasteiger partial charge is 0.271 e. The van der Waals surface area contributed by atoms with E-state index >= 15 is 0 Å². The Morgan fingerprint density at radius 3 is 2.82 bits per heavy atom. The van der Waals surface area contributed by atoms with Crippen molar-refractivity contribution in [3.8, 4) is 0 Å². The van der Waals surface area contributed by atoms with Crippen molar-refractivity contribution in [2.75, 3.05) is 0 Å². The summed E-state index contributed by atoms with van der Waals surface area (Å²) >= 11 is 0. The van der Waals surface area contributed by atoms with E-state index in [-0.39, 0.29) is 6.04 Å². The van der Waals surface area contributed by atoms with E-state index in [9.17, 15) is 0 Å². The highest BCUT2D eigenvalue weighted by Crippen LogP contribution is 2.42. The Morgan fingerprint density at radius 1 is 1.35 bits per heavy atom. The Labute approximate surface area is 101 Å². The normalized spacial score (nSPS) is 17.3. The molecule has 0 spiro atoms. The van der Waals surface area contributed by atoms with Crippen molar-refractivity contribution >= 4 is 10.9 Å². The number of para-hydroxylation sites is 1. The maximum atomic E-state index is 5.72. The van der Waals surface area contributed by atoms with Crippen LogP contribution in [0.25, 0.3) is 10.9 Å². The van der Waals surface area contributed by atoms with Crippen LogP contribution in [0.4, 0.5) is 0 Å². The SMILES string of the molecule is Cc1cc(C(NN)C2CC2)c2ccccc2n1. The second-order valence-electron chi connectivity index (χ2n) is 4.85. The number of aryl methyl sites for hydroxylation is 1. The van der Waals surface area contributed by atoms with E-state index in [1.807, 2.05) is 13.0 Å². The molecular weight excluding hydrogens is 210 g/mol. The highest BCUT2D eigenvalue weighted by molar-refractivity contribution is 5.82. The third-order valence-electron chi connectivity index (χ3n) is 3.48. The van der Waals surface area contributed by atoms with Crippen molar-refractivity contribution in [1.29, 1.82) is 0 Å². The van der Waals surface area contributed by atoms with Gasteiger partial charge in [0.15, 0.2) is 0 Å². The summed E-state index contributed by atoms with van der Waals surface area (Å²) in [7, 11) is 0. The van der Waals surface area contributed by atoms with Crippen LogP contribution in [0.5, 0.6) is 0 Å². The molecule has 1 aromatic heterocycles. The van der Waals surface area contributed by atoms with Crippen molar-refractivity contribution in [1.82, 2.24) is 10.4 Å². The van der Waals surface area contributed by atoms with Gasteiger partial charge in [0.2, 0.25) is 0 Å². The minimum atomic E-state index is 0.265. The third-order valence-corrected chi connectivity index (χ3v) is 3.48. The minimum Gasteiger partial charge on any atom is -0.271 e. The lowest BCUT2D eigenvalue weighted by Gasteiger charge is -2.18. The molecule has 0 aliphatic heterocycles. The van der Waals surface area contributed by atoms with Gasteiger partial charge in [0.05, 0.1) is 5.52 Å². The fraction of sp³-hybridized carbons (Fsp3) is 0.357. The lowest BCUT2D eigenvalue weighted by molar-refractivity contribution is 0.499. The molecule has 1 aliphatic rings. The maximum Gasteiger partial charge on any atom is 0.0708 e. The van der Waals surface area contributed by atoms with Gasteiger partial charge in [-0.25, -0.2) is 0 Å². The van der Waals surface area contributed by atoms with E-state index in [1.54, 1.807) is 0 Å². The molecule has 17 heavy (non-hydrogen) atoms. The average Bonchev–Trinajstić information content (AvgIpc) is 3.14. The number of rotatable bonds is 3. The zero-order chi connectivity index (χ0) is 11.8. The molecule has 3 nitrogen and oxygen atoms in total. The van der Waals surface area contributed by atoms with Crippen molar-refractivity contribution in [2.24, 2.45) is 11.8 Å². The van der Waals surface area contributed by atoms with Gasteiger partial charge >= 0.3 is 0 Å². The smallest absolute Gasteiger partial charge is 0.0708 e. The fourth-order valence-corrected chi connectivity index (χ4v) is 2.51. The van der Waals surface area contributed by atoms with E-state index in [4.69, 9.17) is 5.84 Å². The number of pyridine rings is 1. The summed E-state index contributed by atoms with van der Waals surface area (Å²) in [6.07, 6.45) is 2.54. The summed E-state index contributed by atoms with van der Waals surface area (Å²) in [5, 5.41) is 1.22. The number of benzene rings is 1. The van der Waals surface area contributed by atoms with Gasteiger partial charge in [-0.3, -0.25) is 16.3 Å². The maximum absolute atomic E-state index is 5.72. The molecule has 1 fully saturated rings. The van der Waals surface area contributed by atoms with Gasteiger partial charge in [-0.05, 0) is 43.4 Å². The van der Waals surface area contributed by atoms with Crippen molar-refractivity contribution in [3.05, 3.63) is 41.6 Å². The molecular formula is C14H17N3. The van der Waals surface area contributed by atoms with Gasteiger partial charge in [0.25, 0.3) is 0 Å². The average molecular weight is 227 g/mol. The molecule has 0 saturated heterocycles. The van der Waals surface area contributed by atoms with Crippen LogP contribution >= 0.6 is 0 Å². The topological polar surface area (TPSA) is 50.9 Å². The Morgan fingerprint density at radius 2 is 2.12 bits per heavy atom. The van der Waals surface area contributed by atoms with Gasteiger partial charge in [-0.15, -0.1) is 0 Å². The molecule has 3 heteroatoms. The molecule has 0 radical (unpaired) electrons. The first kappa shape index (κ1) is 10.7. The van der Waals surface area contributed by atoms with Gasteiger partial charge in [-0.1, -0.05) is 18.2 Å². The van der Waals surface area contributed by atoms with Crippen LogP contribution in [0.3, 0.4) is 0 Å². The van der Waals surface area contributed by atoms with Crippen LogP contribution in [-0.2, 0) is 0 Å². The number of nitrogens with two attached hydrogens (primary N) is 1. The molecule has 1 aliphatic carbocycles. The standard InChI is InChI=1S/C14H17N3/c1-9-8-12(14(17-15)10-6-7-10)11-4-2-3-5-13(11)16-9/h2-5,8,10,14,17H,6-7,15H2,1H3. The number of hydrogen-bond donors (Lipinski definition) is 2. The Hall–Kier alpha value is -1.45. The first-order valence-corrected chi connectivity index (χ1v) is 6.12. The van der Waals surface area contributed by atoms with E-state index in [1.165, 1.54) is 23.8 Å². The van der Waals surface area contributed by atoms with Gasteiger partial charge < -0.3 is 0 Å². The van der Waals surface area contributed by atoms with Crippen LogP contribution < -0.4 is 11.3 Å². The van der Waals surface area contributed by atoms with Crippen molar-refractivity contribution < 1.29 is 0 Å². The van der Waals surface area contributed by atoms with Crippen LogP contribution in [0.1, 0.15) is 30.1 Å². The van der Waals surface area contributed by atoms with Crippen LogP contribution in [0.15, 0.2) is 30.3 Å². The second-order valence-corrected chi connectivity index (χ2v) is 4.85. The van der Waals surface area contributed by atoms with E-state index in [0.717, 1.165) is 11.2 Å². The Bertz CT molecular complexity index is 546. The molecule has 0 bridgehead atoms. The first-order valence-electron chi connectivity index (χ1n) is 6.12. The molecule has 3 rings (SSSR count). The summed E-state index contributed by atoms with van der Waals surface area (Å²) in [6, 6.07) is 10.7. The second kappa shape index (κ2) is 4.09. The summed E-state index contributed by atoms with van der Waals surface area (Å²) in [4.78, 5) is 4.56. The minimum absolute atomic E-state index is 0.265. The number of fused-ring (bicyclic) bond motifs is 1. The summed E-state index contributed by atoms with van der Waals surface area (Å²) < 4.78 is 0. The van der Waals surface area contributed by atoms with Gasteiger partial charge in [-0.2, -0.15) is 0 Å². The van der Waals surface area contributed by atoms with Crippen LogP contribution in [-0.4, -0.2) is 4.98 Å². The Balaban J connectivity index is 2.19. The molecule has 1 aromatic carbocycles. The predicted octanol–water partition coefficient (Wildman–Crippen LogP) is 2.46. The molecule has 1 heterocycles.